The van der Waals surface area contributed by atoms with Gasteiger partial charge in [0.25, 0.3) is 0 Å². The molecule has 1 aliphatic rings. The fourth-order valence-corrected chi connectivity index (χ4v) is 3.03. The molecule has 3 amide bonds. The van der Waals surface area contributed by atoms with Crippen LogP contribution >= 0.6 is 0 Å². The van der Waals surface area contributed by atoms with Gasteiger partial charge in [-0.3, -0.25) is 24.0 Å². The van der Waals surface area contributed by atoms with Crippen molar-refractivity contribution >= 4 is 29.7 Å². The number of ether oxygens (including phenoxy) is 1. The molecule has 0 saturated carbocycles. The molecule has 1 saturated heterocycles. The molecule has 0 radical (unpaired) electrons. The summed E-state index contributed by atoms with van der Waals surface area (Å²) in [5.74, 6) is -3.11. The Kier molecular flexibility index (Phi) is 10.7. The highest BCUT2D eigenvalue weighted by molar-refractivity contribution is 6.34. The number of benzene rings is 1. The van der Waals surface area contributed by atoms with Crippen LogP contribution in [0.25, 0.3) is 0 Å². The average molecular weight is 462 g/mol. The van der Waals surface area contributed by atoms with Crippen LogP contribution in [0.5, 0.6) is 0 Å². The Morgan fingerprint density at radius 2 is 1.36 bits per heavy atom. The Morgan fingerprint density at radius 3 is 1.79 bits per heavy atom. The molecule has 1 unspecified atom stereocenters. The molecule has 2 rings (SSSR count). The van der Waals surface area contributed by atoms with Gasteiger partial charge in [-0.25, -0.2) is 0 Å². The van der Waals surface area contributed by atoms with E-state index in [0.717, 1.165) is 5.56 Å². The van der Waals surface area contributed by atoms with Gasteiger partial charge in [-0.15, -0.1) is 0 Å². The lowest BCUT2D eigenvalue weighted by Gasteiger charge is -2.41. The van der Waals surface area contributed by atoms with Gasteiger partial charge in [0.15, 0.2) is 0 Å². The Balaban J connectivity index is 0.000000420. The number of carbonyl (C=O) groups excluding carboxylic acids is 5. The quantitative estimate of drug-likeness (QED) is 0.414. The minimum atomic E-state index is -0.968. The predicted molar refractivity (Wildman–Crippen MR) is 122 cm³/mol. The van der Waals surface area contributed by atoms with Crippen molar-refractivity contribution in [3.63, 3.8) is 0 Å². The van der Waals surface area contributed by atoms with Crippen LogP contribution in [0, 0.1) is 17.8 Å². The number of hydrogen-bond acceptors (Lipinski definition) is 6. The van der Waals surface area contributed by atoms with Crippen molar-refractivity contribution in [2.45, 2.75) is 47.6 Å². The first-order valence-corrected chi connectivity index (χ1v) is 11.1. The van der Waals surface area contributed by atoms with E-state index in [-0.39, 0.29) is 29.7 Å². The van der Waals surface area contributed by atoms with Gasteiger partial charge in [-0.2, -0.15) is 0 Å². The molecule has 1 fully saturated rings. The van der Waals surface area contributed by atoms with Crippen LogP contribution in [-0.2, 0) is 28.7 Å². The first-order chi connectivity index (χ1) is 15.4. The number of primary amides is 1. The summed E-state index contributed by atoms with van der Waals surface area (Å²) < 4.78 is 4.50. The molecule has 0 spiro atoms. The standard InChI is InChI=1S/C16H21N3O3.C8H14O3/c1-11(2)15(21)18-8-9-19(16(22)14(17)20)13(10-18)12-6-4-3-5-7-12;1-5(2)7(9)11-8(10)6(3)4/h3-7,11,13H,8-10H2,1-2H3,(H2,17,20);5-6H,1-4H3. The highest BCUT2D eigenvalue weighted by Gasteiger charge is 2.35. The maximum atomic E-state index is 12.2. The van der Waals surface area contributed by atoms with Crippen LogP contribution in [0.4, 0.5) is 0 Å². The highest BCUT2D eigenvalue weighted by Crippen LogP contribution is 2.26. The van der Waals surface area contributed by atoms with Gasteiger partial charge in [0.2, 0.25) is 5.91 Å². The number of esters is 2. The van der Waals surface area contributed by atoms with E-state index in [9.17, 15) is 24.0 Å². The minimum Gasteiger partial charge on any atom is -0.393 e. The summed E-state index contributed by atoms with van der Waals surface area (Å²) in [6.45, 7) is 11.6. The Hall–Kier alpha value is -3.23. The van der Waals surface area contributed by atoms with E-state index in [2.05, 4.69) is 4.74 Å². The van der Waals surface area contributed by atoms with Crippen LogP contribution in [0.2, 0.25) is 0 Å². The monoisotopic (exact) mass is 461 g/mol. The average Bonchev–Trinajstić information content (AvgIpc) is 2.78. The number of rotatable bonds is 4. The molecule has 182 valence electrons. The molecule has 1 aromatic carbocycles. The lowest BCUT2D eigenvalue weighted by molar-refractivity contribution is -0.164. The van der Waals surface area contributed by atoms with E-state index in [1.807, 2.05) is 44.2 Å². The zero-order valence-corrected chi connectivity index (χ0v) is 20.2. The third-order valence-electron chi connectivity index (χ3n) is 4.99. The molecule has 0 aliphatic carbocycles. The van der Waals surface area contributed by atoms with Crippen LogP contribution in [0.1, 0.15) is 53.1 Å². The summed E-state index contributed by atoms with van der Waals surface area (Å²) in [5.41, 5.74) is 6.03. The van der Waals surface area contributed by atoms with E-state index in [0.29, 0.717) is 19.6 Å². The normalized spacial score (nSPS) is 15.7. The SMILES string of the molecule is CC(C)C(=O)N1CCN(C(=O)C(N)=O)C(c2ccccc2)C1.CC(C)C(=O)OC(=O)C(C)C. The van der Waals surface area contributed by atoms with Crippen LogP contribution in [0.3, 0.4) is 0 Å². The van der Waals surface area contributed by atoms with Gasteiger partial charge < -0.3 is 20.3 Å². The molecule has 1 heterocycles. The van der Waals surface area contributed by atoms with Crippen molar-refractivity contribution in [1.29, 1.82) is 0 Å². The number of nitrogens with two attached hydrogens (primary N) is 1. The van der Waals surface area contributed by atoms with Crippen molar-refractivity contribution in [1.82, 2.24) is 9.80 Å². The molecule has 33 heavy (non-hydrogen) atoms. The summed E-state index contributed by atoms with van der Waals surface area (Å²) in [6.07, 6.45) is 0. The molecule has 2 N–H and O–H groups in total. The molecule has 0 bridgehead atoms. The predicted octanol–water partition coefficient (Wildman–Crippen LogP) is 1.91. The molecule has 9 nitrogen and oxygen atoms in total. The number of nitrogens with zero attached hydrogens (tertiary/aromatic N) is 2. The van der Waals surface area contributed by atoms with E-state index < -0.39 is 23.8 Å². The first-order valence-electron chi connectivity index (χ1n) is 11.1. The number of carbonyl (C=O) groups is 5. The summed E-state index contributed by atoms with van der Waals surface area (Å²) >= 11 is 0. The molecule has 1 aliphatic heterocycles. The van der Waals surface area contributed by atoms with E-state index >= 15 is 0 Å². The maximum Gasteiger partial charge on any atom is 0.316 e. The van der Waals surface area contributed by atoms with E-state index in [1.54, 1.807) is 32.6 Å². The molecule has 9 heteroatoms. The summed E-state index contributed by atoms with van der Waals surface area (Å²) in [6, 6.07) is 9.03. The third-order valence-corrected chi connectivity index (χ3v) is 4.99. The first kappa shape index (κ1) is 27.8. The van der Waals surface area contributed by atoms with Crippen LogP contribution in [0.15, 0.2) is 30.3 Å². The van der Waals surface area contributed by atoms with Gasteiger partial charge in [0, 0.05) is 25.6 Å². The van der Waals surface area contributed by atoms with E-state index in [4.69, 9.17) is 5.73 Å². The van der Waals surface area contributed by atoms with Gasteiger partial charge in [-0.1, -0.05) is 71.9 Å². The fraction of sp³-hybridized carbons (Fsp3) is 0.542. The van der Waals surface area contributed by atoms with E-state index in [1.165, 1.54) is 4.90 Å². The van der Waals surface area contributed by atoms with Gasteiger partial charge in [0.1, 0.15) is 0 Å². The second-order valence-electron chi connectivity index (χ2n) is 8.78. The largest absolute Gasteiger partial charge is 0.393 e. The molecule has 1 atom stereocenters. The smallest absolute Gasteiger partial charge is 0.316 e. The Labute approximate surface area is 195 Å². The number of piperazine rings is 1. The van der Waals surface area contributed by atoms with Gasteiger partial charge >= 0.3 is 23.8 Å². The van der Waals surface area contributed by atoms with Crippen molar-refractivity contribution in [2.24, 2.45) is 23.5 Å². The van der Waals surface area contributed by atoms with Gasteiger partial charge in [-0.05, 0) is 5.56 Å². The Morgan fingerprint density at radius 1 is 0.848 bits per heavy atom. The number of amides is 3. The summed E-state index contributed by atoms with van der Waals surface area (Å²) in [5, 5.41) is 0. The molecule has 1 aromatic rings. The molecular formula is C24H35N3O6. The Bertz CT molecular complexity index is 833. The topological polar surface area (TPSA) is 127 Å². The summed E-state index contributed by atoms with van der Waals surface area (Å²) in [4.78, 5) is 60.3. The van der Waals surface area contributed by atoms with Crippen molar-refractivity contribution in [2.75, 3.05) is 19.6 Å². The van der Waals surface area contributed by atoms with Gasteiger partial charge in [0.05, 0.1) is 17.9 Å². The molecular weight excluding hydrogens is 426 g/mol. The maximum absolute atomic E-state index is 12.2. The van der Waals surface area contributed by atoms with Crippen LogP contribution < -0.4 is 5.73 Å². The second-order valence-corrected chi connectivity index (χ2v) is 8.78. The fourth-order valence-electron chi connectivity index (χ4n) is 3.03. The second kappa shape index (κ2) is 12.7. The minimum absolute atomic E-state index is 0.0482. The highest BCUT2D eigenvalue weighted by atomic mass is 16.6. The van der Waals surface area contributed by atoms with Crippen molar-refractivity contribution in [3.8, 4) is 0 Å². The van der Waals surface area contributed by atoms with Crippen molar-refractivity contribution in [3.05, 3.63) is 35.9 Å². The van der Waals surface area contributed by atoms with Crippen LogP contribution in [-0.4, -0.2) is 59.1 Å². The number of hydrogen-bond donors (Lipinski definition) is 1. The third kappa shape index (κ3) is 8.32. The zero-order chi connectivity index (χ0) is 25.3. The lowest BCUT2D eigenvalue weighted by atomic mass is 10.0. The zero-order valence-electron chi connectivity index (χ0n) is 20.2. The summed E-state index contributed by atoms with van der Waals surface area (Å²) in [7, 11) is 0. The lowest BCUT2D eigenvalue weighted by Crippen LogP contribution is -2.55. The molecule has 0 aromatic heterocycles. The van der Waals surface area contributed by atoms with Crippen molar-refractivity contribution < 1.29 is 28.7 Å².